The second-order valence-electron chi connectivity index (χ2n) is 5.11. The molecule has 0 fully saturated rings. The van der Waals surface area contributed by atoms with Crippen molar-refractivity contribution in [2.75, 3.05) is 0 Å². The average molecular weight is 354 g/mol. The van der Waals surface area contributed by atoms with Crippen LogP contribution in [0.4, 0.5) is 0 Å². The highest BCUT2D eigenvalue weighted by atomic mass is 79.9. The van der Waals surface area contributed by atoms with E-state index in [-0.39, 0.29) is 10.9 Å². The van der Waals surface area contributed by atoms with Crippen LogP contribution in [-0.2, 0) is 0 Å². The van der Waals surface area contributed by atoms with Crippen molar-refractivity contribution in [1.29, 1.82) is 0 Å². The molecule has 2 rings (SSSR count). The molecule has 1 atom stereocenters. The lowest BCUT2D eigenvalue weighted by Gasteiger charge is -2.14. The van der Waals surface area contributed by atoms with Crippen molar-refractivity contribution in [2.45, 2.75) is 31.7 Å². The predicted octanol–water partition coefficient (Wildman–Crippen LogP) is 5.92. The highest BCUT2D eigenvalue weighted by Crippen LogP contribution is 2.33. The van der Waals surface area contributed by atoms with Crippen molar-refractivity contribution < 1.29 is 4.74 Å². The zero-order valence-electron chi connectivity index (χ0n) is 11.9. The van der Waals surface area contributed by atoms with Crippen LogP contribution in [0.25, 0.3) is 0 Å². The van der Waals surface area contributed by atoms with Crippen molar-refractivity contribution >= 4 is 27.5 Å². The first-order chi connectivity index (χ1) is 9.47. The van der Waals surface area contributed by atoms with Crippen molar-refractivity contribution in [2.24, 2.45) is 0 Å². The smallest absolute Gasteiger partial charge is 0.119 e. The van der Waals surface area contributed by atoms with E-state index in [4.69, 9.17) is 16.3 Å². The fourth-order valence-electron chi connectivity index (χ4n) is 1.95. The highest BCUT2D eigenvalue weighted by molar-refractivity contribution is 9.09. The van der Waals surface area contributed by atoms with E-state index in [0.717, 1.165) is 21.9 Å². The van der Waals surface area contributed by atoms with E-state index in [9.17, 15) is 0 Å². The molecule has 0 saturated heterocycles. The van der Waals surface area contributed by atoms with E-state index < -0.39 is 0 Å². The summed E-state index contributed by atoms with van der Waals surface area (Å²) in [5.41, 5.74) is 3.43. The number of hydrogen-bond acceptors (Lipinski definition) is 1. The third-order valence-electron chi connectivity index (χ3n) is 3.03. The quantitative estimate of drug-likeness (QED) is 0.620. The maximum atomic E-state index is 6.19. The van der Waals surface area contributed by atoms with E-state index in [1.54, 1.807) is 0 Å². The van der Waals surface area contributed by atoms with Crippen LogP contribution in [0.2, 0.25) is 5.02 Å². The molecule has 0 heterocycles. The molecule has 1 nitrogen and oxygen atoms in total. The van der Waals surface area contributed by atoms with Crippen molar-refractivity contribution in [1.82, 2.24) is 0 Å². The normalized spacial score (nSPS) is 12.5. The maximum absolute atomic E-state index is 6.19. The molecule has 0 aliphatic heterocycles. The van der Waals surface area contributed by atoms with Gasteiger partial charge in [-0.2, -0.15) is 0 Å². The Kier molecular flexibility index (Phi) is 5.11. The summed E-state index contributed by atoms with van der Waals surface area (Å²) in [5, 5.41) is 0.798. The van der Waals surface area contributed by atoms with E-state index >= 15 is 0 Å². The molecule has 0 amide bonds. The van der Waals surface area contributed by atoms with Gasteiger partial charge in [0.15, 0.2) is 0 Å². The lowest BCUT2D eigenvalue weighted by atomic mass is 10.0. The topological polar surface area (TPSA) is 9.23 Å². The van der Waals surface area contributed by atoms with Crippen LogP contribution in [0.3, 0.4) is 0 Å². The summed E-state index contributed by atoms with van der Waals surface area (Å²) in [6.07, 6.45) is 0.191. The summed E-state index contributed by atoms with van der Waals surface area (Å²) in [6, 6.07) is 14.3. The molecule has 0 spiro atoms. The molecule has 2 aromatic rings. The van der Waals surface area contributed by atoms with Gasteiger partial charge in [-0.3, -0.25) is 0 Å². The van der Waals surface area contributed by atoms with Gasteiger partial charge < -0.3 is 4.74 Å². The number of benzene rings is 2. The fourth-order valence-corrected chi connectivity index (χ4v) is 2.73. The van der Waals surface area contributed by atoms with Crippen LogP contribution < -0.4 is 4.74 Å². The Labute approximate surface area is 134 Å². The van der Waals surface area contributed by atoms with Gasteiger partial charge in [0.25, 0.3) is 0 Å². The van der Waals surface area contributed by atoms with Crippen LogP contribution >= 0.6 is 27.5 Å². The molecule has 0 N–H and O–H groups in total. The molecular weight excluding hydrogens is 336 g/mol. The number of aryl methyl sites for hydroxylation is 1. The molecule has 0 saturated carbocycles. The molecule has 0 bridgehead atoms. The van der Waals surface area contributed by atoms with Crippen LogP contribution in [-0.4, -0.2) is 6.10 Å². The summed E-state index contributed by atoms with van der Waals surface area (Å²) < 4.78 is 5.65. The molecule has 0 aliphatic rings. The Morgan fingerprint density at radius 2 is 1.60 bits per heavy atom. The van der Waals surface area contributed by atoms with Crippen LogP contribution in [0.5, 0.6) is 5.75 Å². The predicted molar refractivity (Wildman–Crippen MR) is 89.2 cm³/mol. The monoisotopic (exact) mass is 352 g/mol. The summed E-state index contributed by atoms with van der Waals surface area (Å²) in [6.45, 7) is 6.05. The van der Waals surface area contributed by atoms with Gasteiger partial charge in [-0.15, -0.1) is 0 Å². The van der Waals surface area contributed by atoms with Crippen molar-refractivity contribution in [3.05, 3.63) is 64.2 Å². The first-order valence-corrected chi connectivity index (χ1v) is 7.93. The largest absolute Gasteiger partial charge is 0.491 e. The maximum Gasteiger partial charge on any atom is 0.119 e. The average Bonchev–Trinajstić information content (AvgIpc) is 2.41. The summed E-state index contributed by atoms with van der Waals surface area (Å²) in [5.74, 6) is 0.894. The van der Waals surface area contributed by atoms with Crippen molar-refractivity contribution in [3.8, 4) is 5.75 Å². The first-order valence-electron chi connectivity index (χ1n) is 6.64. The second-order valence-corrected chi connectivity index (χ2v) is 6.43. The number of halogens is 2. The van der Waals surface area contributed by atoms with Crippen molar-refractivity contribution in [3.63, 3.8) is 0 Å². The number of ether oxygens (including phenoxy) is 1. The minimum atomic E-state index is 0.133. The number of rotatable bonds is 4. The zero-order chi connectivity index (χ0) is 14.7. The highest BCUT2D eigenvalue weighted by Gasteiger charge is 2.11. The van der Waals surface area contributed by atoms with Gasteiger partial charge in [-0.1, -0.05) is 51.8 Å². The van der Waals surface area contributed by atoms with E-state index in [0.29, 0.717) is 0 Å². The summed E-state index contributed by atoms with van der Waals surface area (Å²) in [7, 11) is 0. The molecule has 0 aliphatic carbocycles. The zero-order valence-corrected chi connectivity index (χ0v) is 14.2. The van der Waals surface area contributed by atoms with Gasteiger partial charge in [0.05, 0.1) is 10.9 Å². The molecule has 1 unspecified atom stereocenters. The Balaban J connectivity index is 2.20. The minimum Gasteiger partial charge on any atom is -0.491 e. The van der Waals surface area contributed by atoms with Gasteiger partial charge >= 0.3 is 0 Å². The number of alkyl halides is 1. The fraction of sp³-hybridized carbons (Fsp3) is 0.294. The van der Waals surface area contributed by atoms with Gasteiger partial charge in [0.2, 0.25) is 0 Å². The molecule has 3 heteroatoms. The van der Waals surface area contributed by atoms with Gasteiger partial charge in [0, 0.05) is 5.02 Å². The Bertz CT molecular complexity index is 578. The van der Waals surface area contributed by atoms with E-state index in [1.807, 2.05) is 45.0 Å². The second kappa shape index (κ2) is 6.64. The molecule has 0 radical (unpaired) electrons. The van der Waals surface area contributed by atoms with Gasteiger partial charge in [-0.05, 0) is 55.7 Å². The van der Waals surface area contributed by atoms with Gasteiger partial charge in [-0.25, -0.2) is 0 Å². The summed E-state index contributed by atoms with van der Waals surface area (Å²) in [4.78, 5) is 0.133. The summed E-state index contributed by atoms with van der Waals surface area (Å²) >= 11 is 9.92. The van der Waals surface area contributed by atoms with Crippen LogP contribution in [0.1, 0.15) is 35.4 Å². The lowest BCUT2D eigenvalue weighted by Crippen LogP contribution is -2.05. The first kappa shape index (κ1) is 15.4. The van der Waals surface area contributed by atoms with E-state index in [1.165, 1.54) is 5.56 Å². The lowest BCUT2D eigenvalue weighted by molar-refractivity contribution is 0.242. The Hall–Kier alpha value is -0.990. The molecule has 2 aromatic carbocycles. The minimum absolute atomic E-state index is 0.133. The third kappa shape index (κ3) is 3.77. The van der Waals surface area contributed by atoms with Crippen LogP contribution in [0.15, 0.2) is 42.5 Å². The Morgan fingerprint density at radius 3 is 2.15 bits per heavy atom. The molecular formula is C17H18BrClO. The number of hydrogen-bond donors (Lipinski definition) is 0. The van der Waals surface area contributed by atoms with Crippen LogP contribution in [0, 0.1) is 6.92 Å². The third-order valence-corrected chi connectivity index (χ3v) is 4.50. The van der Waals surface area contributed by atoms with E-state index in [2.05, 4.69) is 34.1 Å². The Morgan fingerprint density at radius 1 is 1.00 bits per heavy atom. The molecule has 20 heavy (non-hydrogen) atoms. The molecule has 106 valence electrons. The SMILES string of the molecule is Cc1ccc(C(Br)c2ccc(OC(C)C)cc2)cc1Cl. The van der Waals surface area contributed by atoms with Gasteiger partial charge in [0.1, 0.15) is 5.75 Å². The standard InChI is InChI=1S/C17H18BrClO/c1-11(2)20-15-8-6-13(7-9-15)17(18)14-5-4-12(3)16(19)10-14/h4-11,17H,1-3H3. The molecule has 0 aromatic heterocycles.